The largest absolute Gasteiger partial charge is 0.326 e. The molecule has 14 heavy (non-hydrogen) atoms. The quantitative estimate of drug-likeness (QED) is 0.770. The van der Waals surface area contributed by atoms with E-state index < -0.39 is 0 Å². The van der Waals surface area contributed by atoms with Crippen LogP contribution in [-0.2, 0) is 6.54 Å². The maximum Gasteiger partial charge on any atom is 0.0961 e. The van der Waals surface area contributed by atoms with E-state index in [4.69, 9.17) is 11.0 Å². The molecule has 74 valence electrons. The van der Waals surface area contributed by atoms with Crippen molar-refractivity contribution in [1.82, 2.24) is 0 Å². The summed E-state index contributed by atoms with van der Waals surface area (Å²) in [6, 6.07) is 10.3. The number of nitriles is 1. The highest BCUT2D eigenvalue weighted by Crippen LogP contribution is 2.25. The summed E-state index contributed by atoms with van der Waals surface area (Å²) in [6.45, 7) is 2.57. The molecule has 0 aliphatic carbocycles. The molecule has 0 saturated carbocycles. The van der Waals surface area contributed by atoms with E-state index in [1.807, 2.05) is 31.2 Å². The van der Waals surface area contributed by atoms with Gasteiger partial charge in [-0.1, -0.05) is 19.1 Å². The van der Waals surface area contributed by atoms with Crippen molar-refractivity contribution in [1.29, 1.82) is 5.26 Å². The van der Waals surface area contributed by atoms with Crippen molar-refractivity contribution < 1.29 is 0 Å². The molecular formula is C11H14N2S. The van der Waals surface area contributed by atoms with Gasteiger partial charge < -0.3 is 5.73 Å². The Hall–Kier alpha value is -0.980. The van der Waals surface area contributed by atoms with Crippen LogP contribution in [0.25, 0.3) is 0 Å². The zero-order valence-corrected chi connectivity index (χ0v) is 9.05. The molecule has 1 atom stereocenters. The summed E-state index contributed by atoms with van der Waals surface area (Å²) in [5.41, 5.74) is 6.65. The van der Waals surface area contributed by atoms with Crippen molar-refractivity contribution in [2.45, 2.75) is 30.0 Å². The molecule has 0 amide bonds. The van der Waals surface area contributed by atoms with Gasteiger partial charge in [0.2, 0.25) is 0 Å². The molecule has 1 aromatic rings. The lowest BCUT2D eigenvalue weighted by Crippen LogP contribution is -1.98. The molecule has 0 radical (unpaired) electrons. The first-order valence-corrected chi connectivity index (χ1v) is 5.53. The summed E-state index contributed by atoms with van der Waals surface area (Å²) >= 11 is 1.60. The third-order valence-corrected chi connectivity index (χ3v) is 3.18. The van der Waals surface area contributed by atoms with Crippen LogP contribution in [0.2, 0.25) is 0 Å². The highest BCUT2D eigenvalue weighted by atomic mass is 32.2. The van der Waals surface area contributed by atoms with E-state index in [1.54, 1.807) is 11.8 Å². The normalized spacial score (nSPS) is 12.1. The second-order valence-electron chi connectivity index (χ2n) is 3.00. The van der Waals surface area contributed by atoms with Gasteiger partial charge in [-0.05, 0) is 24.1 Å². The number of thioether (sulfide) groups is 1. The van der Waals surface area contributed by atoms with Gasteiger partial charge in [0.25, 0.3) is 0 Å². The Morgan fingerprint density at radius 2 is 2.36 bits per heavy atom. The molecule has 0 saturated heterocycles. The average molecular weight is 206 g/mol. The Balaban J connectivity index is 2.71. The predicted molar refractivity (Wildman–Crippen MR) is 59.9 cm³/mol. The summed E-state index contributed by atoms with van der Waals surface area (Å²) < 4.78 is 0. The summed E-state index contributed by atoms with van der Waals surface area (Å²) in [5.74, 6) is 0. The van der Waals surface area contributed by atoms with Crippen molar-refractivity contribution in [3.8, 4) is 6.07 Å². The SMILES string of the molecule is CCC(C#N)Sc1cccc(CN)c1. The van der Waals surface area contributed by atoms with Crippen LogP contribution < -0.4 is 5.73 Å². The Bertz CT molecular complexity index is 330. The Morgan fingerprint density at radius 3 is 2.93 bits per heavy atom. The van der Waals surface area contributed by atoms with Gasteiger partial charge in [0.05, 0.1) is 11.3 Å². The van der Waals surface area contributed by atoms with E-state index in [2.05, 4.69) is 6.07 Å². The fourth-order valence-electron chi connectivity index (χ4n) is 1.11. The molecule has 1 rings (SSSR count). The van der Waals surface area contributed by atoms with Gasteiger partial charge >= 0.3 is 0 Å². The molecule has 2 N–H and O–H groups in total. The van der Waals surface area contributed by atoms with Crippen LogP contribution in [0.15, 0.2) is 29.2 Å². The summed E-state index contributed by atoms with van der Waals surface area (Å²) in [6.07, 6.45) is 0.869. The standard InChI is InChI=1S/C11H14N2S/c1-2-10(8-13)14-11-5-3-4-9(6-11)7-12/h3-6,10H,2,7,12H2,1H3. The fourth-order valence-corrected chi connectivity index (χ4v) is 2.04. The van der Waals surface area contributed by atoms with Crippen LogP contribution in [0.5, 0.6) is 0 Å². The fraction of sp³-hybridized carbons (Fsp3) is 0.364. The Kier molecular flexibility index (Phi) is 4.51. The number of rotatable bonds is 4. The Labute approximate surface area is 89.1 Å². The molecule has 1 unspecified atom stereocenters. The van der Waals surface area contributed by atoms with E-state index in [-0.39, 0.29) is 5.25 Å². The van der Waals surface area contributed by atoms with Crippen LogP contribution in [-0.4, -0.2) is 5.25 Å². The minimum absolute atomic E-state index is 0.0445. The minimum atomic E-state index is 0.0445. The third-order valence-electron chi connectivity index (χ3n) is 1.93. The zero-order valence-electron chi connectivity index (χ0n) is 8.23. The molecule has 0 fully saturated rings. The maximum absolute atomic E-state index is 8.82. The lowest BCUT2D eigenvalue weighted by Gasteiger charge is -2.06. The van der Waals surface area contributed by atoms with Gasteiger partial charge in [0.1, 0.15) is 0 Å². The van der Waals surface area contributed by atoms with Crippen LogP contribution >= 0.6 is 11.8 Å². The highest BCUT2D eigenvalue weighted by molar-refractivity contribution is 8.00. The molecule has 2 nitrogen and oxygen atoms in total. The topological polar surface area (TPSA) is 49.8 Å². The van der Waals surface area contributed by atoms with Gasteiger partial charge in [-0.3, -0.25) is 0 Å². The van der Waals surface area contributed by atoms with Crippen molar-refractivity contribution in [2.24, 2.45) is 5.73 Å². The highest BCUT2D eigenvalue weighted by Gasteiger charge is 2.06. The predicted octanol–water partition coefficient (Wildman–Crippen LogP) is 2.54. The van der Waals surface area contributed by atoms with Gasteiger partial charge in [0.15, 0.2) is 0 Å². The zero-order chi connectivity index (χ0) is 10.4. The first kappa shape index (κ1) is 11.1. The molecule has 1 aromatic carbocycles. The number of nitrogens with two attached hydrogens (primary N) is 1. The molecule has 0 aliphatic rings. The van der Waals surface area contributed by atoms with E-state index in [1.165, 1.54) is 0 Å². The number of hydrogen-bond donors (Lipinski definition) is 1. The summed E-state index contributed by atoms with van der Waals surface area (Å²) in [4.78, 5) is 1.13. The Morgan fingerprint density at radius 1 is 1.57 bits per heavy atom. The van der Waals surface area contributed by atoms with Crippen LogP contribution in [0.1, 0.15) is 18.9 Å². The summed E-state index contributed by atoms with van der Waals surface area (Å²) in [7, 11) is 0. The van der Waals surface area contributed by atoms with E-state index in [0.717, 1.165) is 16.9 Å². The minimum Gasteiger partial charge on any atom is -0.326 e. The first-order chi connectivity index (χ1) is 6.80. The molecule has 0 spiro atoms. The van der Waals surface area contributed by atoms with E-state index >= 15 is 0 Å². The molecule has 0 heterocycles. The van der Waals surface area contributed by atoms with Gasteiger partial charge in [-0.2, -0.15) is 5.26 Å². The van der Waals surface area contributed by atoms with Crippen LogP contribution in [0.3, 0.4) is 0 Å². The van der Waals surface area contributed by atoms with Crippen LogP contribution in [0.4, 0.5) is 0 Å². The second kappa shape index (κ2) is 5.69. The van der Waals surface area contributed by atoms with E-state index in [0.29, 0.717) is 6.54 Å². The second-order valence-corrected chi connectivity index (χ2v) is 4.27. The molecule has 0 aliphatic heterocycles. The van der Waals surface area contributed by atoms with Crippen molar-refractivity contribution in [3.63, 3.8) is 0 Å². The molecule has 0 aromatic heterocycles. The van der Waals surface area contributed by atoms with Crippen LogP contribution in [0, 0.1) is 11.3 Å². The van der Waals surface area contributed by atoms with Gasteiger partial charge in [0, 0.05) is 11.4 Å². The van der Waals surface area contributed by atoms with Crippen molar-refractivity contribution in [3.05, 3.63) is 29.8 Å². The van der Waals surface area contributed by atoms with Gasteiger partial charge in [-0.25, -0.2) is 0 Å². The molecular weight excluding hydrogens is 192 g/mol. The smallest absolute Gasteiger partial charge is 0.0961 e. The number of hydrogen-bond acceptors (Lipinski definition) is 3. The summed E-state index contributed by atoms with van der Waals surface area (Å²) in [5, 5.41) is 8.86. The lowest BCUT2D eigenvalue weighted by molar-refractivity contribution is 0.983. The number of nitrogens with zero attached hydrogens (tertiary/aromatic N) is 1. The number of benzene rings is 1. The molecule has 3 heteroatoms. The van der Waals surface area contributed by atoms with Crippen molar-refractivity contribution in [2.75, 3.05) is 0 Å². The van der Waals surface area contributed by atoms with Crippen molar-refractivity contribution >= 4 is 11.8 Å². The average Bonchev–Trinajstić information content (AvgIpc) is 2.26. The maximum atomic E-state index is 8.82. The van der Waals surface area contributed by atoms with E-state index in [9.17, 15) is 0 Å². The third kappa shape index (κ3) is 3.06. The monoisotopic (exact) mass is 206 g/mol. The van der Waals surface area contributed by atoms with Gasteiger partial charge in [-0.15, -0.1) is 11.8 Å². The first-order valence-electron chi connectivity index (χ1n) is 4.65. The molecule has 0 bridgehead atoms. The lowest BCUT2D eigenvalue weighted by atomic mass is 10.2.